The number of nitrogens with zero attached hydrogens (tertiary/aromatic N) is 9. The van der Waals surface area contributed by atoms with E-state index in [9.17, 15) is 29.4 Å². The molecule has 0 radical (unpaired) electrons. The van der Waals surface area contributed by atoms with Gasteiger partial charge >= 0.3 is 86.8 Å². The molecule has 35 nitrogen and oxygen atoms in total. The van der Waals surface area contributed by atoms with Gasteiger partial charge in [0.1, 0.15) is 57.5 Å². The number of phenols is 1. The largest absolute Gasteiger partial charge is 0.508 e. The van der Waals surface area contributed by atoms with Gasteiger partial charge in [-0.1, -0.05) is 48.5 Å². The molecule has 0 amide bonds. The van der Waals surface area contributed by atoms with Crippen molar-refractivity contribution in [3.63, 3.8) is 0 Å². The Morgan fingerprint density at radius 3 is 0.775 bits per heavy atom. The van der Waals surface area contributed by atoms with Crippen LogP contribution in [0.4, 0.5) is 0 Å². The van der Waals surface area contributed by atoms with Crippen LogP contribution in [-0.2, 0) is 49.8 Å². The van der Waals surface area contributed by atoms with Crippen LogP contribution in [0.1, 0.15) is 48.4 Å². The minimum atomic E-state index is -4.21. The molecule has 0 aliphatic carbocycles. The summed E-state index contributed by atoms with van der Waals surface area (Å²) in [6.07, 6.45) is 0. The van der Waals surface area contributed by atoms with Crippen molar-refractivity contribution >= 4 is 92.6 Å². The maximum absolute atomic E-state index is 14.1. The molecule has 3 aliphatic rings. The quantitative estimate of drug-likeness (QED) is 0.0176. The molecular weight excluding hydrogens is 1520 g/mol. The van der Waals surface area contributed by atoms with Crippen LogP contribution < -0.4 is 41.1 Å². The number of ketones is 1. The number of esters is 2. The molecule has 2 N–H and O–H groups in total. The third-order valence-corrected chi connectivity index (χ3v) is 38.2. The van der Waals surface area contributed by atoms with Crippen molar-refractivity contribution < 1.29 is 120 Å². The molecule has 7 unspecified atom stereocenters. The van der Waals surface area contributed by atoms with Crippen LogP contribution in [0.5, 0.6) is 57.5 Å². The Morgan fingerprint density at radius 2 is 0.490 bits per heavy atom. The number of carbonyl (C=O) groups is 4. The Hall–Kier alpha value is -7.35. The van der Waals surface area contributed by atoms with Crippen molar-refractivity contribution in [3.8, 4) is 57.5 Å². The van der Waals surface area contributed by atoms with Gasteiger partial charge in [-0.2, -0.15) is 0 Å². The maximum Gasteiger partial charge on any atom is 0.404 e. The fourth-order valence-corrected chi connectivity index (χ4v) is 35.2. The van der Waals surface area contributed by atoms with Crippen molar-refractivity contribution in [1.29, 1.82) is 0 Å². The predicted molar refractivity (Wildman–Crippen MR) is 379 cm³/mol. The van der Waals surface area contributed by atoms with E-state index in [0.717, 1.165) is 0 Å². The lowest BCUT2D eigenvalue weighted by Crippen LogP contribution is -2.09. The summed E-state index contributed by atoms with van der Waals surface area (Å²) < 4.78 is 164. The molecule has 0 fully saturated rings. The molecule has 0 saturated carbocycles. The van der Waals surface area contributed by atoms with E-state index in [2.05, 4.69) is 22.6 Å². The van der Waals surface area contributed by atoms with E-state index in [-0.39, 0.29) is 80.0 Å². The van der Waals surface area contributed by atoms with Gasteiger partial charge < -0.3 is 101 Å². The first-order valence-corrected chi connectivity index (χ1v) is 42.9. The van der Waals surface area contributed by atoms with Crippen molar-refractivity contribution in [3.05, 3.63) is 192 Å². The molecule has 7 atom stereocenters. The summed E-state index contributed by atoms with van der Waals surface area (Å²) in [5.74, 6) is -3.14. The number of carboxylic acids is 1. The molecule has 102 heavy (non-hydrogen) atoms. The zero-order valence-corrected chi connectivity index (χ0v) is 64.0. The van der Waals surface area contributed by atoms with Crippen molar-refractivity contribution in [1.82, 2.24) is 0 Å². The second-order valence-electron chi connectivity index (χ2n) is 20.1. The Morgan fingerprint density at radius 1 is 0.275 bits per heavy atom. The van der Waals surface area contributed by atoms with E-state index in [4.69, 9.17) is 109 Å². The number of benzene rings is 7. The van der Waals surface area contributed by atoms with E-state index >= 15 is 0 Å². The van der Waals surface area contributed by atoms with Crippen LogP contribution in [-0.4, -0.2) is 112 Å². The summed E-state index contributed by atoms with van der Waals surface area (Å²) in [5.41, 5.74) is 0.218. The van der Waals surface area contributed by atoms with Gasteiger partial charge in [-0.25, -0.2) is 14.4 Å². The number of aromatic carboxylic acids is 1. The molecule has 3 aliphatic heterocycles. The van der Waals surface area contributed by atoms with Gasteiger partial charge in [0.05, 0.1) is 16.7 Å². The van der Waals surface area contributed by atoms with Crippen LogP contribution in [0.15, 0.2) is 210 Å². The van der Waals surface area contributed by atoms with Gasteiger partial charge in [0.15, 0.2) is 5.78 Å². The van der Waals surface area contributed by atoms with E-state index in [0.29, 0.717) is 5.56 Å². The fourth-order valence-electron chi connectivity index (χ4n) is 8.76. The Kier molecular flexibility index (Phi) is 24.5. The van der Waals surface area contributed by atoms with Crippen molar-refractivity contribution in [2.75, 3.05) is 78.2 Å². The number of carbonyl (C=O) groups excluding carboxylic acids is 3. The van der Waals surface area contributed by atoms with Crippen LogP contribution >= 0.6 is 68.9 Å². The van der Waals surface area contributed by atoms with E-state index < -0.39 is 86.8 Å². The highest BCUT2D eigenvalue weighted by molar-refractivity contribution is 7.80. The molecule has 44 heteroatoms. The maximum atomic E-state index is 14.1. The molecule has 10 rings (SSSR count). The number of phenolic OH excluding ortho intramolecular Hbond substituents is 1. The lowest BCUT2D eigenvalue weighted by Gasteiger charge is -2.31. The van der Waals surface area contributed by atoms with Crippen molar-refractivity contribution in [2.45, 2.75) is 6.92 Å². The summed E-state index contributed by atoms with van der Waals surface area (Å²) in [6.45, 7) is 1.41. The normalized spacial score (nSPS) is 24.3. The average molecular weight is 1580 g/mol. The Balaban J connectivity index is 0.919. The molecule has 0 bridgehead atoms. The fraction of sp³-hybridized carbons (Fsp3) is 0.207. The van der Waals surface area contributed by atoms with Gasteiger partial charge in [0, 0.05) is 102 Å². The highest BCUT2D eigenvalue weighted by Crippen LogP contribution is 2.82. The van der Waals surface area contributed by atoms with E-state index in [1.54, 1.807) is 18.2 Å². The van der Waals surface area contributed by atoms with Gasteiger partial charge in [-0.05, 0) is 110 Å². The predicted octanol–water partition coefficient (Wildman–Crippen LogP) is 19.9. The first-order chi connectivity index (χ1) is 48.8. The standard InChI is InChI=1S/C58H66N9O26P9/c1-41(68)42-20-13-27-49(34-42)87-96(78-6)59-94(74-2,75-3)61-98(63-96,80-8)89-51-29-15-22-44(36-51)57(72)85-47-25-18-32-54(39-47)92-101(83-11)65-100(82-10,91-53-31-17-24-46(69)38-53)66-102(67-101,84-12)93-55-33-19-26-48(40-55)86-58(73)45-23-16-30-52(37-45)90-99(81-9)62-95(76-4,77-5)60-97(64-99,79-7)88-50-28-14-21-43(35-50)56(70)71/h13-40,69H,1-12H3,(H,70,71). The van der Waals surface area contributed by atoms with Crippen LogP contribution in [0, 0.1) is 0 Å². The molecule has 7 aromatic carbocycles. The second kappa shape index (κ2) is 32.3. The summed E-state index contributed by atoms with van der Waals surface area (Å²) in [6, 6.07) is 41.0. The molecular formula is C58H66N9O26P9. The zero-order chi connectivity index (χ0) is 73.2. The number of ether oxygens (including phenoxy) is 2. The second-order valence-corrected chi connectivity index (χ2v) is 40.6. The summed E-state index contributed by atoms with van der Waals surface area (Å²) in [4.78, 5) is 52.4. The Bertz CT molecular complexity index is 4710. The first kappa shape index (κ1) is 77.3. The number of hydrogen-bond acceptors (Lipinski definition) is 34. The summed E-state index contributed by atoms with van der Waals surface area (Å²) in [5, 5.41) is 20.2. The van der Waals surface area contributed by atoms with Crippen LogP contribution in [0.3, 0.4) is 0 Å². The molecule has 0 spiro atoms. The lowest BCUT2D eigenvalue weighted by atomic mass is 10.1. The minimum absolute atomic E-state index is 0.00951. The van der Waals surface area contributed by atoms with Crippen molar-refractivity contribution in [2.24, 2.45) is 40.6 Å². The molecule has 7 aromatic rings. The average Bonchev–Trinajstić information content (AvgIpc) is 0.754. The van der Waals surface area contributed by atoms with Gasteiger partial charge in [-0.3, -0.25) is 4.79 Å². The highest BCUT2D eigenvalue weighted by atomic mass is 31.3. The topological polar surface area (TPSA) is 405 Å². The Labute approximate surface area is 585 Å². The number of hydrogen-bond donors (Lipinski definition) is 2. The number of rotatable bonds is 31. The van der Waals surface area contributed by atoms with Gasteiger partial charge in [-0.15, -0.1) is 40.6 Å². The molecule has 0 aromatic heterocycles. The van der Waals surface area contributed by atoms with Crippen LogP contribution in [0.2, 0.25) is 0 Å². The lowest BCUT2D eigenvalue weighted by molar-refractivity contribution is 0.0692. The SMILES string of the molecule is COP1(OC)=NP(OC)(Oc2cccc(C(C)=O)c2)=NP(OC)(Oc2cccc(C(=O)Oc3cccc(OP4(OC)=NP(OC)(Oc5cccc(O)c5)=NP(OC)(Oc5cccc(OC(=O)c6cccc(OP7(OC)=NP(OC)(OC)=NP(OC)(Oc8cccc(C(=O)O)c8)=N7)c6)c5)=N4)c3)c2)=N1. The highest BCUT2D eigenvalue weighted by Gasteiger charge is 2.47. The van der Waals surface area contributed by atoms with Gasteiger partial charge in [0.25, 0.3) is 0 Å². The number of carboxylic acid groups (broad SMARTS) is 1. The van der Waals surface area contributed by atoms with Gasteiger partial charge in [0.2, 0.25) is 0 Å². The minimum Gasteiger partial charge on any atom is -0.508 e. The van der Waals surface area contributed by atoms with E-state index in [1.165, 1.54) is 237 Å². The molecule has 0 saturated heterocycles. The zero-order valence-electron chi connectivity index (χ0n) is 55.9. The third kappa shape index (κ3) is 17.9. The summed E-state index contributed by atoms with van der Waals surface area (Å²) >= 11 is 0. The molecule has 544 valence electrons. The third-order valence-electron chi connectivity index (χ3n) is 13.5. The monoisotopic (exact) mass is 1580 g/mol. The number of aromatic hydroxyl groups is 1. The van der Waals surface area contributed by atoms with Crippen LogP contribution in [0.25, 0.3) is 0 Å². The van der Waals surface area contributed by atoms with E-state index in [1.807, 2.05) is 0 Å². The number of Topliss-reactive ketones (excluding diaryl/α,β-unsaturated/α-hetero) is 1. The molecule has 3 heterocycles. The smallest absolute Gasteiger partial charge is 0.404 e. The summed E-state index contributed by atoms with van der Waals surface area (Å²) in [7, 11) is -21.3. The first-order valence-electron chi connectivity index (χ1n) is 29.1.